The minimum atomic E-state index is -0.496. The maximum absolute atomic E-state index is 11.8. The highest BCUT2D eigenvalue weighted by Gasteiger charge is 2.12. The van der Waals surface area contributed by atoms with Crippen LogP contribution < -0.4 is 11.1 Å². The molecule has 0 fully saturated rings. The second kappa shape index (κ2) is 7.26. The predicted octanol–water partition coefficient (Wildman–Crippen LogP) is 2.34. The van der Waals surface area contributed by atoms with Crippen LogP contribution in [0, 0.1) is 0 Å². The Balaban J connectivity index is 2.18. The third-order valence-electron chi connectivity index (χ3n) is 3.33. The number of nitrogens with zero attached hydrogens (tertiary/aromatic N) is 1. The SMILES string of the molecule is CCC(C)NC(=O)CSc1cc(C(N)=O)c2ccccc2n1. The van der Waals surface area contributed by atoms with Gasteiger partial charge in [0, 0.05) is 11.4 Å². The lowest BCUT2D eigenvalue weighted by molar-refractivity contribution is -0.119. The number of thioether (sulfide) groups is 1. The highest BCUT2D eigenvalue weighted by molar-refractivity contribution is 7.99. The van der Waals surface area contributed by atoms with E-state index in [0.717, 1.165) is 11.8 Å². The standard InChI is InChI=1S/C16H19N3O2S/c1-3-10(2)18-14(20)9-22-15-8-12(16(17)21)11-6-4-5-7-13(11)19-15/h4-8,10H,3,9H2,1-2H3,(H2,17,21)(H,18,20). The Morgan fingerprint density at radius 3 is 2.77 bits per heavy atom. The van der Waals surface area contributed by atoms with Crippen LogP contribution in [0.25, 0.3) is 10.9 Å². The summed E-state index contributed by atoms with van der Waals surface area (Å²) in [6, 6.07) is 9.12. The number of primary amides is 1. The summed E-state index contributed by atoms with van der Waals surface area (Å²) >= 11 is 1.30. The van der Waals surface area contributed by atoms with Gasteiger partial charge in [0.05, 0.1) is 21.9 Å². The number of nitrogens with two attached hydrogens (primary N) is 1. The van der Waals surface area contributed by atoms with Crippen LogP contribution in [-0.2, 0) is 4.79 Å². The van der Waals surface area contributed by atoms with Crippen molar-refractivity contribution in [3.05, 3.63) is 35.9 Å². The summed E-state index contributed by atoms with van der Waals surface area (Å²) in [5, 5.41) is 4.24. The third-order valence-corrected chi connectivity index (χ3v) is 4.24. The van der Waals surface area contributed by atoms with E-state index >= 15 is 0 Å². The normalized spacial score (nSPS) is 12.1. The van der Waals surface area contributed by atoms with E-state index in [2.05, 4.69) is 10.3 Å². The molecule has 2 amide bonds. The zero-order chi connectivity index (χ0) is 16.1. The molecule has 0 radical (unpaired) electrons. The summed E-state index contributed by atoms with van der Waals surface area (Å²) in [6.07, 6.45) is 0.885. The number of aromatic nitrogens is 1. The van der Waals surface area contributed by atoms with Gasteiger partial charge in [-0.15, -0.1) is 0 Å². The van der Waals surface area contributed by atoms with Crippen molar-refractivity contribution >= 4 is 34.5 Å². The number of nitrogens with one attached hydrogen (secondary N) is 1. The van der Waals surface area contributed by atoms with E-state index in [4.69, 9.17) is 5.73 Å². The van der Waals surface area contributed by atoms with Crippen molar-refractivity contribution in [3.63, 3.8) is 0 Å². The Labute approximate surface area is 133 Å². The number of hydrogen-bond acceptors (Lipinski definition) is 4. The molecule has 5 nitrogen and oxygen atoms in total. The van der Waals surface area contributed by atoms with E-state index in [1.165, 1.54) is 11.8 Å². The first kappa shape index (κ1) is 16.3. The summed E-state index contributed by atoms with van der Waals surface area (Å²) in [6.45, 7) is 3.98. The Morgan fingerprint density at radius 2 is 2.09 bits per heavy atom. The van der Waals surface area contributed by atoms with E-state index in [1.807, 2.05) is 38.1 Å². The molecular formula is C16H19N3O2S. The smallest absolute Gasteiger partial charge is 0.249 e. The maximum Gasteiger partial charge on any atom is 0.249 e. The van der Waals surface area contributed by atoms with Crippen LogP contribution >= 0.6 is 11.8 Å². The number of carbonyl (C=O) groups excluding carboxylic acids is 2. The fourth-order valence-electron chi connectivity index (χ4n) is 1.99. The molecule has 2 aromatic rings. The van der Waals surface area contributed by atoms with Crippen molar-refractivity contribution in [2.75, 3.05) is 5.75 Å². The molecule has 0 aliphatic rings. The number of amides is 2. The Morgan fingerprint density at radius 1 is 1.36 bits per heavy atom. The Kier molecular flexibility index (Phi) is 5.38. The summed E-state index contributed by atoms with van der Waals surface area (Å²) in [5.74, 6) is -0.284. The molecule has 0 spiro atoms. The molecule has 0 aliphatic heterocycles. The minimum Gasteiger partial charge on any atom is -0.366 e. The number of para-hydroxylation sites is 1. The number of rotatable bonds is 6. The van der Waals surface area contributed by atoms with Crippen LogP contribution in [0.4, 0.5) is 0 Å². The zero-order valence-electron chi connectivity index (χ0n) is 12.6. The van der Waals surface area contributed by atoms with Gasteiger partial charge in [-0.3, -0.25) is 9.59 Å². The lowest BCUT2D eigenvalue weighted by Crippen LogP contribution is -2.33. The Hall–Kier alpha value is -2.08. The number of benzene rings is 1. The molecule has 0 bridgehead atoms. The van der Waals surface area contributed by atoms with Crippen LogP contribution in [-0.4, -0.2) is 28.6 Å². The first-order chi connectivity index (χ1) is 10.5. The number of fused-ring (bicyclic) bond motifs is 1. The van der Waals surface area contributed by atoms with E-state index in [-0.39, 0.29) is 17.7 Å². The molecule has 3 N–H and O–H groups in total. The molecule has 0 aliphatic carbocycles. The van der Waals surface area contributed by atoms with E-state index in [9.17, 15) is 9.59 Å². The summed E-state index contributed by atoms with van der Waals surface area (Å²) in [4.78, 5) is 27.9. The molecule has 1 heterocycles. The molecule has 1 aromatic carbocycles. The van der Waals surface area contributed by atoms with Crippen molar-refractivity contribution in [1.82, 2.24) is 10.3 Å². The van der Waals surface area contributed by atoms with Crippen LogP contribution in [0.1, 0.15) is 30.6 Å². The second-order valence-corrected chi connectivity index (χ2v) is 6.05. The largest absolute Gasteiger partial charge is 0.366 e. The lowest BCUT2D eigenvalue weighted by Gasteiger charge is -2.11. The van der Waals surface area contributed by atoms with Crippen LogP contribution in [0.5, 0.6) is 0 Å². The van der Waals surface area contributed by atoms with E-state index in [1.54, 1.807) is 6.07 Å². The average Bonchev–Trinajstić information content (AvgIpc) is 2.51. The number of pyridine rings is 1. The van der Waals surface area contributed by atoms with E-state index in [0.29, 0.717) is 16.1 Å². The van der Waals surface area contributed by atoms with Crippen LogP contribution in [0.3, 0.4) is 0 Å². The maximum atomic E-state index is 11.8. The number of hydrogen-bond donors (Lipinski definition) is 2. The quantitative estimate of drug-likeness (QED) is 0.801. The van der Waals surface area contributed by atoms with Gasteiger partial charge in [0.1, 0.15) is 0 Å². The van der Waals surface area contributed by atoms with Crippen LogP contribution in [0.2, 0.25) is 0 Å². The van der Waals surface area contributed by atoms with E-state index < -0.39 is 5.91 Å². The van der Waals surface area contributed by atoms with Gasteiger partial charge >= 0.3 is 0 Å². The molecule has 1 unspecified atom stereocenters. The average molecular weight is 317 g/mol. The lowest BCUT2D eigenvalue weighted by atomic mass is 10.1. The highest BCUT2D eigenvalue weighted by Crippen LogP contribution is 2.23. The second-order valence-electron chi connectivity index (χ2n) is 5.05. The molecule has 22 heavy (non-hydrogen) atoms. The molecule has 0 saturated heterocycles. The molecule has 2 rings (SSSR count). The van der Waals surface area contributed by atoms with Crippen molar-refractivity contribution in [2.24, 2.45) is 5.73 Å². The predicted molar refractivity (Wildman–Crippen MR) is 88.9 cm³/mol. The molecule has 6 heteroatoms. The monoisotopic (exact) mass is 317 g/mol. The molecule has 0 saturated carbocycles. The van der Waals surface area contributed by atoms with Crippen LogP contribution in [0.15, 0.2) is 35.4 Å². The Bertz CT molecular complexity index is 703. The van der Waals surface area contributed by atoms with Gasteiger partial charge < -0.3 is 11.1 Å². The topological polar surface area (TPSA) is 85.1 Å². The highest BCUT2D eigenvalue weighted by atomic mass is 32.2. The summed E-state index contributed by atoms with van der Waals surface area (Å²) in [7, 11) is 0. The summed E-state index contributed by atoms with van der Waals surface area (Å²) < 4.78 is 0. The molecular weight excluding hydrogens is 298 g/mol. The molecule has 1 atom stereocenters. The fourth-order valence-corrected chi connectivity index (χ4v) is 2.71. The molecule has 116 valence electrons. The van der Waals surface area contributed by atoms with Crippen molar-refractivity contribution in [2.45, 2.75) is 31.3 Å². The number of carbonyl (C=O) groups is 2. The van der Waals surface area contributed by atoms with Crippen molar-refractivity contribution < 1.29 is 9.59 Å². The third kappa shape index (κ3) is 3.98. The van der Waals surface area contributed by atoms with Gasteiger partial charge in [-0.1, -0.05) is 36.9 Å². The fraction of sp³-hybridized carbons (Fsp3) is 0.312. The first-order valence-corrected chi connectivity index (χ1v) is 8.11. The van der Waals surface area contributed by atoms with Gasteiger partial charge in [-0.05, 0) is 25.5 Å². The van der Waals surface area contributed by atoms with Crippen molar-refractivity contribution in [3.8, 4) is 0 Å². The summed E-state index contributed by atoms with van der Waals surface area (Å²) in [5.41, 5.74) is 6.56. The van der Waals surface area contributed by atoms with Gasteiger partial charge in [0.2, 0.25) is 11.8 Å². The van der Waals surface area contributed by atoms with Gasteiger partial charge in [0.15, 0.2) is 0 Å². The minimum absolute atomic E-state index is 0.0464. The van der Waals surface area contributed by atoms with Crippen molar-refractivity contribution in [1.29, 1.82) is 0 Å². The van der Waals surface area contributed by atoms with Gasteiger partial charge in [0.25, 0.3) is 0 Å². The zero-order valence-corrected chi connectivity index (χ0v) is 13.4. The van der Waals surface area contributed by atoms with Gasteiger partial charge in [-0.2, -0.15) is 0 Å². The molecule has 1 aromatic heterocycles. The van der Waals surface area contributed by atoms with Gasteiger partial charge in [-0.25, -0.2) is 4.98 Å². The first-order valence-electron chi connectivity index (χ1n) is 7.13.